The SMILES string of the molecule is Ic1ccccc1CNCCCN1CCCC1. The molecule has 1 heterocycles. The van der Waals surface area contributed by atoms with E-state index in [1.54, 1.807) is 0 Å². The van der Waals surface area contributed by atoms with Gasteiger partial charge in [-0.05, 0) is 79.7 Å². The van der Waals surface area contributed by atoms with Gasteiger partial charge in [-0.1, -0.05) is 18.2 Å². The van der Waals surface area contributed by atoms with Crippen molar-refractivity contribution in [3.63, 3.8) is 0 Å². The normalized spacial score (nSPS) is 16.5. The summed E-state index contributed by atoms with van der Waals surface area (Å²) in [5.41, 5.74) is 1.41. The zero-order chi connectivity index (χ0) is 11.9. The number of rotatable bonds is 6. The van der Waals surface area contributed by atoms with Crippen LogP contribution in [0.1, 0.15) is 24.8 Å². The van der Waals surface area contributed by atoms with Crippen LogP contribution in [0.2, 0.25) is 0 Å². The molecule has 3 heteroatoms. The van der Waals surface area contributed by atoms with Crippen molar-refractivity contribution in [1.29, 1.82) is 0 Å². The molecule has 1 saturated heterocycles. The lowest BCUT2D eigenvalue weighted by atomic mass is 10.2. The lowest BCUT2D eigenvalue weighted by Crippen LogP contribution is -2.24. The van der Waals surface area contributed by atoms with Crippen LogP contribution >= 0.6 is 22.6 Å². The maximum Gasteiger partial charge on any atom is 0.0216 e. The van der Waals surface area contributed by atoms with E-state index < -0.39 is 0 Å². The summed E-state index contributed by atoms with van der Waals surface area (Å²) in [4.78, 5) is 2.58. The van der Waals surface area contributed by atoms with Gasteiger partial charge in [-0.15, -0.1) is 0 Å². The quantitative estimate of drug-likeness (QED) is 0.631. The van der Waals surface area contributed by atoms with Crippen LogP contribution in [0.4, 0.5) is 0 Å². The van der Waals surface area contributed by atoms with Gasteiger partial charge in [-0.25, -0.2) is 0 Å². The summed E-state index contributed by atoms with van der Waals surface area (Å²) in [5.74, 6) is 0. The van der Waals surface area contributed by atoms with E-state index in [4.69, 9.17) is 0 Å². The van der Waals surface area contributed by atoms with Gasteiger partial charge in [0, 0.05) is 10.1 Å². The first kappa shape index (κ1) is 13.3. The van der Waals surface area contributed by atoms with E-state index >= 15 is 0 Å². The number of benzene rings is 1. The Morgan fingerprint density at radius 1 is 1.18 bits per heavy atom. The van der Waals surface area contributed by atoms with E-state index in [-0.39, 0.29) is 0 Å². The summed E-state index contributed by atoms with van der Waals surface area (Å²) in [6.07, 6.45) is 4.06. The van der Waals surface area contributed by atoms with Crippen molar-refractivity contribution in [3.8, 4) is 0 Å². The Labute approximate surface area is 118 Å². The maximum absolute atomic E-state index is 3.53. The summed E-state index contributed by atoms with van der Waals surface area (Å²) >= 11 is 2.40. The van der Waals surface area contributed by atoms with Crippen LogP contribution in [0, 0.1) is 3.57 Å². The zero-order valence-corrected chi connectivity index (χ0v) is 12.4. The van der Waals surface area contributed by atoms with Crippen molar-refractivity contribution in [2.45, 2.75) is 25.8 Å². The van der Waals surface area contributed by atoms with Gasteiger partial charge in [0.1, 0.15) is 0 Å². The molecule has 0 amide bonds. The highest BCUT2D eigenvalue weighted by atomic mass is 127. The molecule has 0 radical (unpaired) electrons. The monoisotopic (exact) mass is 344 g/mol. The third-order valence-electron chi connectivity index (χ3n) is 3.30. The third-order valence-corrected chi connectivity index (χ3v) is 4.35. The summed E-state index contributed by atoms with van der Waals surface area (Å²) in [5, 5.41) is 3.53. The maximum atomic E-state index is 3.53. The second kappa shape index (κ2) is 7.34. The van der Waals surface area contributed by atoms with Crippen molar-refractivity contribution in [2.75, 3.05) is 26.2 Å². The molecule has 1 aliphatic rings. The van der Waals surface area contributed by atoms with Crippen LogP contribution in [0.25, 0.3) is 0 Å². The molecule has 0 saturated carbocycles. The number of nitrogens with zero attached hydrogens (tertiary/aromatic N) is 1. The van der Waals surface area contributed by atoms with Gasteiger partial charge in [0.05, 0.1) is 0 Å². The molecule has 94 valence electrons. The Balaban J connectivity index is 1.58. The minimum Gasteiger partial charge on any atom is -0.313 e. The molecule has 17 heavy (non-hydrogen) atoms. The van der Waals surface area contributed by atoms with Gasteiger partial charge in [0.15, 0.2) is 0 Å². The average Bonchev–Trinajstić information content (AvgIpc) is 2.84. The minimum absolute atomic E-state index is 0.999. The van der Waals surface area contributed by atoms with Crippen molar-refractivity contribution in [2.24, 2.45) is 0 Å². The van der Waals surface area contributed by atoms with E-state index in [1.807, 2.05) is 0 Å². The molecule has 2 rings (SSSR count). The lowest BCUT2D eigenvalue weighted by Gasteiger charge is -2.14. The molecule has 0 aliphatic carbocycles. The van der Waals surface area contributed by atoms with E-state index in [9.17, 15) is 0 Å². The van der Waals surface area contributed by atoms with Gasteiger partial charge in [0.2, 0.25) is 0 Å². The fourth-order valence-corrected chi connectivity index (χ4v) is 2.88. The van der Waals surface area contributed by atoms with E-state index in [1.165, 1.54) is 48.0 Å². The van der Waals surface area contributed by atoms with Crippen LogP contribution in [-0.2, 0) is 6.54 Å². The van der Waals surface area contributed by atoms with Crippen LogP contribution in [-0.4, -0.2) is 31.1 Å². The molecule has 0 unspecified atom stereocenters. The first-order valence-corrected chi connectivity index (χ1v) is 7.60. The number of hydrogen-bond donors (Lipinski definition) is 1. The van der Waals surface area contributed by atoms with Crippen LogP contribution in [0.15, 0.2) is 24.3 Å². The second-order valence-electron chi connectivity index (χ2n) is 4.67. The highest BCUT2D eigenvalue weighted by Gasteiger charge is 2.09. The van der Waals surface area contributed by atoms with E-state index in [0.717, 1.165) is 13.1 Å². The molecule has 1 N–H and O–H groups in total. The fraction of sp³-hybridized carbons (Fsp3) is 0.571. The summed E-state index contributed by atoms with van der Waals surface area (Å²) in [6.45, 7) is 6.02. The third kappa shape index (κ3) is 4.56. The summed E-state index contributed by atoms with van der Waals surface area (Å²) < 4.78 is 1.36. The first-order valence-electron chi connectivity index (χ1n) is 6.53. The average molecular weight is 344 g/mol. The molecular weight excluding hydrogens is 323 g/mol. The highest BCUT2D eigenvalue weighted by molar-refractivity contribution is 14.1. The number of likely N-dealkylation sites (tertiary alicyclic amines) is 1. The van der Waals surface area contributed by atoms with E-state index in [0.29, 0.717) is 0 Å². The molecular formula is C14H21IN2. The summed E-state index contributed by atoms with van der Waals surface area (Å²) in [7, 11) is 0. The Morgan fingerprint density at radius 3 is 2.71 bits per heavy atom. The molecule has 2 nitrogen and oxygen atoms in total. The Bertz CT molecular complexity index is 335. The number of halogens is 1. The standard InChI is InChI=1S/C14H21IN2/c15-14-7-2-1-6-13(14)12-16-8-5-11-17-9-3-4-10-17/h1-2,6-7,16H,3-5,8-12H2. The van der Waals surface area contributed by atoms with Gasteiger partial charge in [-0.3, -0.25) is 0 Å². The van der Waals surface area contributed by atoms with Crippen molar-refractivity contribution < 1.29 is 0 Å². The van der Waals surface area contributed by atoms with Gasteiger partial charge in [-0.2, -0.15) is 0 Å². The minimum atomic E-state index is 0.999. The molecule has 0 aromatic heterocycles. The van der Waals surface area contributed by atoms with Crippen LogP contribution in [0.3, 0.4) is 0 Å². The molecule has 0 bridgehead atoms. The smallest absolute Gasteiger partial charge is 0.0216 e. The van der Waals surface area contributed by atoms with Crippen LogP contribution in [0.5, 0.6) is 0 Å². The first-order chi connectivity index (χ1) is 8.36. The fourth-order valence-electron chi connectivity index (χ4n) is 2.30. The predicted molar refractivity (Wildman–Crippen MR) is 81.2 cm³/mol. The second-order valence-corrected chi connectivity index (χ2v) is 5.83. The van der Waals surface area contributed by atoms with Gasteiger partial charge >= 0.3 is 0 Å². The molecule has 1 aromatic carbocycles. The lowest BCUT2D eigenvalue weighted by molar-refractivity contribution is 0.331. The topological polar surface area (TPSA) is 15.3 Å². The number of hydrogen-bond acceptors (Lipinski definition) is 2. The Kier molecular flexibility index (Phi) is 5.74. The molecule has 1 aliphatic heterocycles. The molecule has 1 aromatic rings. The zero-order valence-electron chi connectivity index (χ0n) is 10.3. The van der Waals surface area contributed by atoms with Crippen molar-refractivity contribution >= 4 is 22.6 Å². The van der Waals surface area contributed by atoms with Crippen molar-refractivity contribution in [3.05, 3.63) is 33.4 Å². The molecule has 1 fully saturated rings. The predicted octanol–water partition coefficient (Wildman–Crippen LogP) is 2.87. The Morgan fingerprint density at radius 2 is 1.94 bits per heavy atom. The molecule has 0 atom stereocenters. The highest BCUT2D eigenvalue weighted by Crippen LogP contribution is 2.11. The molecule has 0 spiro atoms. The van der Waals surface area contributed by atoms with Gasteiger partial charge < -0.3 is 10.2 Å². The van der Waals surface area contributed by atoms with Crippen LogP contribution < -0.4 is 5.32 Å². The number of nitrogens with one attached hydrogen (secondary N) is 1. The van der Waals surface area contributed by atoms with Gasteiger partial charge in [0.25, 0.3) is 0 Å². The Hall–Kier alpha value is -0.130. The largest absolute Gasteiger partial charge is 0.313 e. The van der Waals surface area contributed by atoms with Crippen molar-refractivity contribution in [1.82, 2.24) is 10.2 Å². The summed E-state index contributed by atoms with van der Waals surface area (Å²) in [6, 6.07) is 8.58. The van der Waals surface area contributed by atoms with E-state index in [2.05, 4.69) is 57.1 Å².